The second-order valence-electron chi connectivity index (χ2n) is 4.97. The first-order valence-electron chi connectivity index (χ1n) is 6.69. The fraction of sp³-hybridized carbons (Fsp3) is 0.400. The summed E-state index contributed by atoms with van der Waals surface area (Å²) in [5.74, 6) is 0. The van der Waals surface area contributed by atoms with E-state index in [1.807, 2.05) is 6.20 Å². The molecular formula is C15H19N3. The highest BCUT2D eigenvalue weighted by Crippen LogP contribution is 2.16. The normalized spacial score (nSPS) is 15.6. The summed E-state index contributed by atoms with van der Waals surface area (Å²) >= 11 is 0. The van der Waals surface area contributed by atoms with Gasteiger partial charge in [-0.3, -0.25) is 10.00 Å². The van der Waals surface area contributed by atoms with Crippen LogP contribution in [0.5, 0.6) is 0 Å². The minimum atomic E-state index is 1.01. The number of aromatic amines is 1. The summed E-state index contributed by atoms with van der Waals surface area (Å²) in [6, 6.07) is 10.7. The van der Waals surface area contributed by atoms with Crippen molar-refractivity contribution >= 4 is 0 Å². The average molecular weight is 241 g/mol. The maximum absolute atomic E-state index is 4.31. The van der Waals surface area contributed by atoms with Crippen molar-refractivity contribution in [2.24, 2.45) is 0 Å². The Balaban J connectivity index is 1.48. The van der Waals surface area contributed by atoms with Gasteiger partial charge < -0.3 is 0 Å². The van der Waals surface area contributed by atoms with E-state index in [1.54, 1.807) is 0 Å². The SMILES string of the molecule is c1ccc(CCCN2CCc3c[nH]nc3C2)cc1. The number of fused-ring (bicyclic) bond motifs is 1. The average Bonchev–Trinajstić information content (AvgIpc) is 2.87. The molecule has 0 unspecified atom stereocenters. The summed E-state index contributed by atoms with van der Waals surface area (Å²) in [5, 5.41) is 7.27. The molecule has 3 heteroatoms. The molecule has 0 amide bonds. The molecule has 2 heterocycles. The van der Waals surface area contributed by atoms with Crippen molar-refractivity contribution in [3.05, 3.63) is 53.3 Å². The topological polar surface area (TPSA) is 31.9 Å². The number of rotatable bonds is 4. The van der Waals surface area contributed by atoms with E-state index < -0.39 is 0 Å². The molecule has 3 nitrogen and oxygen atoms in total. The summed E-state index contributed by atoms with van der Waals surface area (Å²) < 4.78 is 0. The molecule has 1 aromatic carbocycles. The monoisotopic (exact) mass is 241 g/mol. The van der Waals surface area contributed by atoms with E-state index in [4.69, 9.17) is 0 Å². The van der Waals surface area contributed by atoms with E-state index in [-0.39, 0.29) is 0 Å². The lowest BCUT2D eigenvalue weighted by atomic mass is 10.1. The van der Waals surface area contributed by atoms with E-state index in [9.17, 15) is 0 Å². The molecule has 0 radical (unpaired) electrons. The molecule has 3 rings (SSSR count). The number of hydrogen-bond donors (Lipinski definition) is 1. The molecule has 0 bridgehead atoms. The van der Waals surface area contributed by atoms with Crippen molar-refractivity contribution in [2.45, 2.75) is 25.8 Å². The van der Waals surface area contributed by atoms with Crippen LogP contribution in [0.25, 0.3) is 0 Å². The van der Waals surface area contributed by atoms with Crippen molar-refractivity contribution in [2.75, 3.05) is 13.1 Å². The van der Waals surface area contributed by atoms with E-state index >= 15 is 0 Å². The van der Waals surface area contributed by atoms with E-state index in [2.05, 4.69) is 45.4 Å². The second-order valence-corrected chi connectivity index (χ2v) is 4.97. The fourth-order valence-electron chi connectivity index (χ4n) is 2.61. The standard InChI is InChI=1S/C15H19N3/c1-2-5-13(6-3-1)7-4-9-18-10-8-14-11-16-17-15(14)12-18/h1-3,5-6,11H,4,7-10,12H2,(H,16,17). The molecular weight excluding hydrogens is 222 g/mol. The van der Waals surface area contributed by atoms with Crippen LogP contribution in [0.15, 0.2) is 36.5 Å². The Hall–Kier alpha value is -1.61. The number of aromatic nitrogens is 2. The van der Waals surface area contributed by atoms with Gasteiger partial charge in [-0.1, -0.05) is 30.3 Å². The van der Waals surface area contributed by atoms with Crippen LogP contribution in [0, 0.1) is 0 Å². The van der Waals surface area contributed by atoms with Gasteiger partial charge in [0.25, 0.3) is 0 Å². The van der Waals surface area contributed by atoms with Crippen LogP contribution in [-0.4, -0.2) is 28.2 Å². The van der Waals surface area contributed by atoms with Crippen LogP contribution >= 0.6 is 0 Å². The Kier molecular flexibility index (Phi) is 3.42. The van der Waals surface area contributed by atoms with Gasteiger partial charge in [-0.15, -0.1) is 0 Å². The number of nitrogens with zero attached hydrogens (tertiary/aromatic N) is 2. The van der Waals surface area contributed by atoms with Gasteiger partial charge in [-0.05, 0) is 36.9 Å². The van der Waals surface area contributed by atoms with Crippen molar-refractivity contribution in [1.82, 2.24) is 15.1 Å². The van der Waals surface area contributed by atoms with Gasteiger partial charge in [0, 0.05) is 19.3 Å². The lowest BCUT2D eigenvalue weighted by Crippen LogP contribution is -2.31. The third-order valence-electron chi connectivity index (χ3n) is 3.66. The molecule has 0 atom stereocenters. The van der Waals surface area contributed by atoms with Crippen molar-refractivity contribution in [1.29, 1.82) is 0 Å². The van der Waals surface area contributed by atoms with Crippen molar-refractivity contribution < 1.29 is 0 Å². The quantitative estimate of drug-likeness (QED) is 0.891. The number of hydrogen-bond acceptors (Lipinski definition) is 2. The molecule has 18 heavy (non-hydrogen) atoms. The second kappa shape index (κ2) is 5.36. The van der Waals surface area contributed by atoms with Gasteiger partial charge in [0.2, 0.25) is 0 Å². The lowest BCUT2D eigenvalue weighted by Gasteiger charge is -2.25. The van der Waals surface area contributed by atoms with Crippen LogP contribution in [0.2, 0.25) is 0 Å². The van der Waals surface area contributed by atoms with Crippen LogP contribution in [0.3, 0.4) is 0 Å². The molecule has 0 spiro atoms. The van der Waals surface area contributed by atoms with E-state index in [0.29, 0.717) is 0 Å². The maximum atomic E-state index is 4.31. The number of aryl methyl sites for hydroxylation is 1. The fourth-order valence-corrected chi connectivity index (χ4v) is 2.61. The maximum Gasteiger partial charge on any atom is 0.0794 e. The zero-order valence-corrected chi connectivity index (χ0v) is 10.6. The number of H-pyrrole nitrogens is 1. The molecule has 0 fully saturated rings. The third-order valence-corrected chi connectivity index (χ3v) is 3.66. The zero-order chi connectivity index (χ0) is 12.2. The van der Waals surface area contributed by atoms with Gasteiger partial charge in [-0.25, -0.2) is 0 Å². The Morgan fingerprint density at radius 2 is 2.11 bits per heavy atom. The summed E-state index contributed by atoms with van der Waals surface area (Å²) in [5.41, 5.74) is 4.07. The molecule has 94 valence electrons. The van der Waals surface area contributed by atoms with Crippen LogP contribution in [-0.2, 0) is 19.4 Å². The molecule has 2 aromatic rings. The summed E-state index contributed by atoms with van der Waals surface area (Å²) in [6.45, 7) is 3.34. The van der Waals surface area contributed by atoms with Gasteiger partial charge >= 0.3 is 0 Å². The highest BCUT2D eigenvalue weighted by molar-refractivity contribution is 5.19. The molecule has 1 aliphatic heterocycles. The Labute approximate surface area is 108 Å². The molecule has 1 N–H and O–H groups in total. The van der Waals surface area contributed by atoms with Gasteiger partial charge in [0.15, 0.2) is 0 Å². The predicted octanol–water partition coefficient (Wildman–Crippen LogP) is 2.40. The Morgan fingerprint density at radius 1 is 1.22 bits per heavy atom. The van der Waals surface area contributed by atoms with E-state index in [0.717, 1.165) is 13.0 Å². The smallest absolute Gasteiger partial charge is 0.0794 e. The number of nitrogens with one attached hydrogen (secondary N) is 1. The Morgan fingerprint density at radius 3 is 3.00 bits per heavy atom. The molecule has 1 aromatic heterocycles. The molecule has 1 aliphatic rings. The van der Waals surface area contributed by atoms with Crippen LogP contribution in [0.4, 0.5) is 0 Å². The Bertz CT molecular complexity index is 489. The predicted molar refractivity (Wildman–Crippen MR) is 72.3 cm³/mol. The number of benzene rings is 1. The first-order valence-corrected chi connectivity index (χ1v) is 6.69. The van der Waals surface area contributed by atoms with Crippen LogP contribution < -0.4 is 0 Å². The summed E-state index contributed by atoms with van der Waals surface area (Å²) in [7, 11) is 0. The van der Waals surface area contributed by atoms with Crippen molar-refractivity contribution in [3.8, 4) is 0 Å². The molecule has 0 saturated carbocycles. The van der Waals surface area contributed by atoms with Crippen LogP contribution in [0.1, 0.15) is 23.2 Å². The third kappa shape index (κ3) is 2.62. The zero-order valence-electron chi connectivity index (χ0n) is 10.6. The summed E-state index contributed by atoms with van der Waals surface area (Å²) in [6.07, 6.45) is 5.57. The molecule has 0 aliphatic carbocycles. The van der Waals surface area contributed by atoms with Gasteiger partial charge in [0.05, 0.1) is 5.69 Å². The minimum Gasteiger partial charge on any atom is -0.297 e. The van der Waals surface area contributed by atoms with Gasteiger partial charge in [-0.2, -0.15) is 5.10 Å². The lowest BCUT2D eigenvalue weighted by molar-refractivity contribution is 0.248. The minimum absolute atomic E-state index is 1.01. The van der Waals surface area contributed by atoms with Crippen molar-refractivity contribution in [3.63, 3.8) is 0 Å². The summed E-state index contributed by atoms with van der Waals surface area (Å²) in [4.78, 5) is 2.51. The van der Waals surface area contributed by atoms with Gasteiger partial charge in [0.1, 0.15) is 0 Å². The van der Waals surface area contributed by atoms with E-state index in [1.165, 1.54) is 42.8 Å². The molecule has 0 saturated heterocycles. The first kappa shape index (κ1) is 11.5. The first-order chi connectivity index (χ1) is 8.92. The highest BCUT2D eigenvalue weighted by atomic mass is 15.2. The largest absolute Gasteiger partial charge is 0.297 e. The highest BCUT2D eigenvalue weighted by Gasteiger charge is 2.17.